The molecule has 2 unspecified atom stereocenters. The van der Waals surface area contributed by atoms with Crippen molar-refractivity contribution in [2.45, 2.75) is 44.8 Å². The van der Waals surface area contributed by atoms with E-state index in [2.05, 4.69) is 16.8 Å². The Morgan fingerprint density at radius 2 is 2.44 bits per heavy atom. The fraction of sp³-hybridized carbons (Fsp3) is 0.727. The van der Waals surface area contributed by atoms with Crippen LogP contribution in [-0.2, 0) is 6.54 Å². The molecule has 1 aliphatic rings. The highest BCUT2D eigenvalue weighted by Gasteiger charge is 2.27. The van der Waals surface area contributed by atoms with E-state index >= 15 is 0 Å². The molecule has 90 valence electrons. The number of thiazole rings is 1. The van der Waals surface area contributed by atoms with E-state index in [-0.39, 0.29) is 0 Å². The Labute approximate surface area is 106 Å². The average molecular weight is 260 g/mol. The van der Waals surface area contributed by atoms with Crippen LogP contribution in [0.25, 0.3) is 0 Å². The maximum absolute atomic E-state index is 5.85. The molecule has 0 bridgehead atoms. The molecule has 0 aliphatic carbocycles. The minimum absolute atomic E-state index is 0.518. The lowest BCUT2D eigenvalue weighted by atomic mass is 9.96. The third-order valence-corrected chi connectivity index (χ3v) is 4.43. The number of halogens is 1. The van der Waals surface area contributed by atoms with Crippen molar-refractivity contribution in [1.29, 1.82) is 0 Å². The first kappa shape index (κ1) is 12.3. The quantitative estimate of drug-likeness (QED) is 0.907. The zero-order chi connectivity index (χ0) is 11.5. The van der Waals surface area contributed by atoms with Crippen molar-refractivity contribution in [3.63, 3.8) is 0 Å². The number of nitrogens with zero attached hydrogens (tertiary/aromatic N) is 2. The van der Waals surface area contributed by atoms with Crippen LogP contribution in [0.3, 0.4) is 0 Å². The number of rotatable bonds is 3. The third-order valence-electron chi connectivity index (χ3n) is 3.33. The molecule has 2 rings (SSSR count). The van der Waals surface area contributed by atoms with Crippen molar-refractivity contribution < 1.29 is 0 Å². The first-order chi connectivity index (χ1) is 7.70. The summed E-state index contributed by atoms with van der Waals surface area (Å²) in [4.78, 5) is 7.81. The summed E-state index contributed by atoms with van der Waals surface area (Å²) in [5.74, 6) is 0. The molecule has 2 atom stereocenters. The minimum Gasteiger partial charge on any atom is -0.329 e. The minimum atomic E-state index is 0.518. The number of hydrogen-bond acceptors (Lipinski definition) is 4. The molecule has 0 saturated carbocycles. The van der Waals surface area contributed by atoms with Crippen LogP contribution < -0.4 is 5.73 Å². The van der Waals surface area contributed by atoms with Gasteiger partial charge in [-0.05, 0) is 19.8 Å². The van der Waals surface area contributed by atoms with E-state index in [4.69, 9.17) is 17.3 Å². The van der Waals surface area contributed by atoms with Crippen LogP contribution >= 0.6 is 22.9 Å². The zero-order valence-corrected chi connectivity index (χ0v) is 11.1. The smallest absolute Gasteiger partial charge is 0.183 e. The van der Waals surface area contributed by atoms with Gasteiger partial charge in [0.05, 0.1) is 0 Å². The van der Waals surface area contributed by atoms with Gasteiger partial charge in [0.1, 0.15) is 0 Å². The van der Waals surface area contributed by atoms with Crippen molar-refractivity contribution in [2.75, 3.05) is 6.54 Å². The summed E-state index contributed by atoms with van der Waals surface area (Å²) in [6.07, 6.45) is 5.65. The van der Waals surface area contributed by atoms with Crippen LogP contribution in [-0.4, -0.2) is 28.5 Å². The van der Waals surface area contributed by atoms with E-state index in [1.807, 2.05) is 6.20 Å². The van der Waals surface area contributed by atoms with Crippen LogP contribution in [0.15, 0.2) is 6.20 Å². The highest BCUT2D eigenvalue weighted by Crippen LogP contribution is 2.27. The fourth-order valence-corrected chi connectivity index (χ4v) is 3.40. The molecule has 5 heteroatoms. The van der Waals surface area contributed by atoms with E-state index in [9.17, 15) is 0 Å². The molecule has 0 spiro atoms. The monoisotopic (exact) mass is 259 g/mol. The molecule has 1 aliphatic heterocycles. The van der Waals surface area contributed by atoms with Gasteiger partial charge in [-0.2, -0.15) is 0 Å². The van der Waals surface area contributed by atoms with E-state index in [0.717, 1.165) is 13.1 Å². The first-order valence-corrected chi connectivity index (χ1v) is 6.96. The summed E-state index contributed by atoms with van der Waals surface area (Å²) < 4.78 is 0.629. The molecule has 0 amide bonds. The summed E-state index contributed by atoms with van der Waals surface area (Å²) in [5.41, 5.74) is 5.83. The van der Waals surface area contributed by atoms with Crippen molar-refractivity contribution in [3.8, 4) is 0 Å². The molecule has 3 nitrogen and oxygen atoms in total. The van der Waals surface area contributed by atoms with Gasteiger partial charge in [-0.3, -0.25) is 4.90 Å². The van der Waals surface area contributed by atoms with Gasteiger partial charge in [0.2, 0.25) is 0 Å². The Hall–Kier alpha value is -0.160. The van der Waals surface area contributed by atoms with Gasteiger partial charge in [0, 0.05) is 36.2 Å². The number of likely N-dealkylation sites (tertiary alicyclic amines) is 1. The van der Waals surface area contributed by atoms with E-state index in [1.54, 1.807) is 11.3 Å². The van der Waals surface area contributed by atoms with Crippen LogP contribution in [0.1, 0.15) is 31.1 Å². The topological polar surface area (TPSA) is 42.1 Å². The maximum atomic E-state index is 5.85. The summed E-state index contributed by atoms with van der Waals surface area (Å²) >= 11 is 7.42. The van der Waals surface area contributed by atoms with Crippen LogP contribution in [0, 0.1) is 0 Å². The van der Waals surface area contributed by atoms with Crippen molar-refractivity contribution >= 4 is 22.9 Å². The van der Waals surface area contributed by atoms with Crippen LogP contribution in [0.5, 0.6) is 0 Å². The first-order valence-electron chi connectivity index (χ1n) is 5.76. The van der Waals surface area contributed by atoms with Gasteiger partial charge >= 0.3 is 0 Å². The second-order valence-corrected chi connectivity index (χ2v) is 6.12. The molecule has 1 fully saturated rings. The molecule has 2 heterocycles. The van der Waals surface area contributed by atoms with E-state index in [0.29, 0.717) is 16.6 Å². The van der Waals surface area contributed by atoms with Gasteiger partial charge in [-0.25, -0.2) is 4.98 Å². The van der Waals surface area contributed by atoms with Crippen LogP contribution in [0.4, 0.5) is 0 Å². The predicted molar refractivity (Wildman–Crippen MR) is 68.8 cm³/mol. The second kappa shape index (κ2) is 5.45. The van der Waals surface area contributed by atoms with Crippen molar-refractivity contribution in [1.82, 2.24) is 9.88 Å². The van der Waals surface area contributed by atoms with Crippen LogP contribution in [0.2, 0.25) is 4.47 Å². The van der Waals surface area contributed by atoms with Gasteiger partial charge < -0.3 is 5.73 Å². The van der Waals surface area contributed by atoms with Gasteiger partial charge in [0.15, 0.2) is 4.47 Å². The van der Waals surface area contributed by atoms with Gasteiger partial charge in [-0.1, -0.05) is 18.0 Å². The maximum Gasteiger partial charge on any atom is 0.183 e. The average Bonchev–Trinajstić information content (AvgIpc) is 2.67. The summed E-state index contributed by atoms with van der Waals surface area (Å²) in [6.45, 7) is 3.97. The van der Waals surface area contributed by atoms with Crippen molar-refractivity contribution in [3.05, 3.63) is 15.5 Å². The Morgan fingerprint density at radius 3 is 3.06 bits per heavy atom. The zero-order valence-electron chi connectivity index (χ0n) is 9.53. The fourth-order valence-electron chi connectivity index (χ4n) is 2.42. The summed E-state index contributed by atoms with van der Waals surface area (Å²) in [6, 6.07) is 1.13. The van der Waals surface area contributed by atoms with E-state index in [1.165, 1.54) is 24.1 Å². The molecule has 1 saturated heterocycles. The van der Waals surface area contributed by atoms with Crippen molar-refractivity contribution in [2.24, 2.45) is 5.73 Å². The molecule has 0 radical (unpaired) electrons. The lowest BCUT2D eigenvalue weighted by molar-refractivity contribution is 0.0903. The number of aromatic nitrogens is 1. The lowest BCUT2D eigenvalue weighted by Gasteiger charge is -2.39. The molecule has 1 aromatic rings. The Morgan fingerprint density at radius 1 is 1.62 bits per heavy atom. The Bertz CT molecular complexity index is 342. The second-order valence-electron chi connectivity index (χ2n) is 4.42. The summed E-state index contributed by atoms with van der Waals surface area (Å²) in [7, 11) is 0. The number of hydrogen-bond donors (Lipinski definition) is 1. The molecule has 1 aromatic heterocycles. The van der Waals surface area contributed by atoms with Gasteiger partial charge in [-0.15, -0.1) is 11.3 Å². The number of piperidine rings is 1. The molecule has 0 aromatic carbocycles. The lowest BCUT2D eigenvalue weighted by Crippen LogP contribution is -2.48. The molecular weight excluding hydrogens is 242 g/mol. The highest BCUT2D eigenvalue weighted by atomic mass is 35.5. The number of nitrogens with two attached hydrogens (primary N) is 1. The normalized spacial score (nSPS) is 27.2. The standard InChI is InChI=1S/C11H18ClN3S/c1-8-3-2-4-9(5-13)15(8)7-10-6-14-11(12)16-10/h6,8-9H,2-5,7,13H2,1H3. The molecule has 16 heavy (non-hydrogen) atoms. The third kappa shape index (κ3) is 2.74. The van der Waals surface area contributed by atoms with Gasteiger partial charge in [0.25, 0.3) is 0 Å². The predicted octanol–water partition coefficient (Wildman–Crippen LogP) is 2.50. The Balaban J connectivity index is 2.05. The largest absolute Gasteiger partial charge is 0.329 e. The molecule has 2 N–H and O–H groups in total. The van der Waals surface area contributed by atoms with E-state index < -0.39 is 0 Å². The summed E-state index contributed by atoms with van der Waals surface area (Å²) in [5, 5.41) is 0. The highest BCUT2D eigenvalue weighted by molar-refractivity contribution is 7.15. The Kier molecular flexibility index (Phi) is 4.19. The molecular formula is C11H18ClN3S. The SMILES string of the molecule is CC1CCCC(CN)N1Cc1cnc(Cl)s1.